The van der Waals surface area contributed by atoms with Crippen molar-refractivity contribution in [2.24, 2.45) is 10.9 Å². The highest BCUT2D eigenvalue weighted by molar-refractivity contribution is 6.29. The van der Waals surface area contributed by atoms with Crippen molar-refractivity contribution in [2.75, 3.05) is 26.2 Å². The Balaban J connectivity index is 1.48. The van der Waals surface area contributed by atoms with E-state index in [4.69, 9.17) is 11.6 Å². The van der Waals surface area contributed by atoms with E-state index in [1.807, 2.05) is 6.07 Å². The largest absolute Gasteiger partial charge is 0.357 e. The van der Waals surface area contributed by atoms with Gasteiger partial charge in [-0.3, -0.25) is 9.79 Å². The fourth-order valence-corrected chi connectivity index (χ4v) is 4.16. The number of aromatic nitrogens is 1. The number of carbonyl (C=O) groups is 1. The number of nitrogens with one attached hydrogen (secondary N) is 2. The summed E-state index contributed by atoms with van der Waals surface area (Å²) in [5.41, 5.74) is 1.12. The van der Waals surface area contributed by atoms with E-state index in [1.54, 1.807) is 12.3 Å². The second-order valence-electron chi connectivity index (χ2n) is 7.75. The Labute approximate surface area is 173 Å². The second-order valence-corrected chi connectivity index (χ2v) is 8.14. The zero-order valence-corrected chi connectivity index (χ0v) is 17.5. The van der Waals surface area contributed by atoms with E-state index in [-0.39, 0.29) is 12.0 Å². The van der Waals surface area contributed by atoms with Crippen LogP contribution in [0.2, 0.25) is 5.15 Å². The molecule has 1 saturated carbocycles. The number of pyridine rings is 1. The van der Waals surface area contributed by atoms with Crippen molar-refractivity contribution in [1.29, 1.82) is 0 Å². The van der Waals surface area contributed by atoms with Crippen LogP contribution in [0.1, 0.15) is 51.0 Å². The third-order valence-corrected chi connectivity index (χ3v) is 5.82. The van der Waals surface area contributed by atoms with Crippen LogP contribution in [-0.2, 0) is 11.2 Å². The van der Waals surface area contributed by atoms with Gasteiger partial charge in [0.1, 0.15) is 5.15 Å². The minimum absolute atomic E-state index is 0.252. The quantitative estimate of drug-likeness (QED) is 0.433. The van der Waals surface area contributed by atoms with Gasteiger partial charge in [-0.15, -0.1) is 0 Å². The van der Waals surface area contributed by atoms with Crippen LogP contribution >= 0.6 is 11.6 Å². The predicted molar refractivity (Wildman–Crippen MR) is 114 cm³/mol. The summed E-state index contributed by atoms with van der Waals surface area (Å²) in [5, 5.41) is 7.33. The van der Waals surface area contributed by atoms with Crippen LogP contribution in [-0.4, -0.2) is 54.0 Å². The van der Waals surface area contributed by atoms with Gasteiger partial charge in [-0.05, 0) is 44.2 Å². The van der Waals surface area contributed by atoms with Gasteiger partial charge >= 0.3 is 0 Å². The SMILES string of the molecule is CCNC(=NCCc1ccc(Cl)nc1)NC1CCN(C(=O)C2CCCCC2)C1. The molecule has 1 saturated heterocycles. The van der Waals surface area contributed by atoms with E-state index in [2.05, 4.69) is 32.4 Å². The highest BCUT2D eigenvalue weighted by Crippen LogP contribution is 2.26. The van der Waals surface area contributed by atoms with Gasteiger partial charge in [0.15, 0.2) is 5.96 Å². The van der Waals surface area contributed by atoms with E-state index >= 15 is 0 Å². The zero-order valence-electron chi connectivity index (χ0n) is 16.8. The molecule has 1 amide bonds. The zero-order chi connectivity index (χ0) is 19.8. The Hall–Kier alpha value is -1.82. The van der Waals surface area contributed by atoms with Crippen LogP contribution in [0.5, 0.6) is 0 Å². The van der Waals surface area contributed by atoms with Crippen molar-refractivity contribution in [3.05, 3.63) is 29.0 Å². The van der Waals surface area contributed by atoms with Crippen LogP contribution in [0.4, 0.5) is 0 Å². The molecular formula is C21H32ClN5O. The van der Waals surface area contributed by atoms with Crippen molar-refractivity contribution < 1.29 is 4.79 Å². The molecule has 1 aromatic rings. The molecule has 1 aliphatic heterocycles. The summed E-state index contributed by atoms with van der Waals surface area (Å²) in [6.45, 7) is 5.18. The lowest BCUT2D eigenvalue weighted by molar-refractivity contribution is -0.135. The molecule has 2 heterocycles. The van der Waals surface area contributed by atoms with Gasteiger partial charge in [-0.1, -0.05) is 36.9 Å². The van der Waals surface area contributed by atoms with Gasteiger partial charge in [-0.25, -0.2) is 4.98 Å². The Morgan fingerprint density at radius 3 is 2.82 bits per heavy atom. The fraction of sp³-hybridized carbons (Fsp3) is 0.667. The van der Waals surface area contributed by atoms with E-state index in [0.29, 0.717) is 17.6 Å². The Morgan fingerprint density at radius 1 is 1.29 bits per heavy atom. The molecule has 7 heteroatoms. The first kappa shape index (κ1) is 20.9. The van der Waals surface area contributed by atoms with Crippen LogP contribution in [0, 0.1) is 5.92 Å². The van der Waals surface area contributed by atoms with Crippen LogP contribution in [0.25, 0.3) is 0 Å². The van der Waals surface area contributed by atoms with Gasteiger partial charge in [-0.2, -0.15) is 0 Å². The first-order chi connectivity index (χ1) is 13.7. The van der Waals surface area contributed by atoms with E-state index in [0.717, 1.165) is 56.8 Å². The third-order valence-electron chi connectivity index (χ3n) is 5.60. The first-order valence-electron chi connectivity index (χ1n) is 10.6. The molecule has 154 valence electrons. The monoisotopic (exact) mass is 405 g/mol. The maximum absolute atomic E-state index is 12.7. The van der Waals surface area contributed by atoms with Crippen molar-refractivity contribution in [2.45, 2.75) is 57.9 Å². The van der Waals surface area contributed by atoms with Crippen molar-refractivity contribution >= 4 is 23.5 Å². The number of likely N-dealkylation sites (tertiary alicyclic amines) is 1. The average molecular weight is 406 g/mol. The van der Waals surface area contributed by atoms with Gasteiger partial charge < -0.3 is 15.5 Å². The molecule has 2 aliphatic rings. The second kappa shape index (κ2) is 10.6. The Morgan fingerprint density at radius 2 is 2.11 bits per heavy atom. The maximum Gasteiger partial charge on any atom is 0.225 e. The summed E-state index contributed by atoms with van der Waals surface area (Å²) in [6.07, 6.45) is 9.40. The molecule has 1 unspecified atom stereocenters. The average Bonchev–Trinajstić information content (AvgIpc) is 3.18. The first-order valence-corrected chi connectivity index (χ1v) is 11.0. The Bertz CT molecular complexity index is 657. The molecule has 6 nitrogen and oxygen atoms in total. The number of hydrogen-bond donors (Lipinski definition) is 2. The number of hydrogen-bond acceptors (Lipinski definition) is 3. The molecular weight excluding hydrogens is 374 g/mol. The summed E-state index contributed by atoms with van der Waals surface area (Å²) in [7, 11) is 0. The molecule has 1 atom stereocenters. The topological polar surface area (TPSA) is 69.6 Å². The van der Waals surface area contributed by atoms with E-state index in [9.17, 15) is 4.79 Å². The number of nitrogens with zero attached hydrogens (tertiary/aromatic N) is 3. The summed E-state index contributed by atoms with van der Waals surface area (Å²) in [5.74, 6) is 1.44. The summed E-state index contributed by atoms with van der Waals surface area (Å²) >= 11 is 5.83. The minimum Gasteiger partial charge on any atom is -0.357 e. The smallest absolute Gasteiger partial charge is 0.225 e. The number of rotatable bonds is 6. The summed E-state index contributed by atoms with van der Waals surface area (Å²) in [6, 6.07) is 4.06. The molecule has 0 spiro atoms. The summed E-state index contributed by atoms with van der Waals surface area (Å²) in [4.78, 5) is 23.6. The molecule has 2 fully saturated rings. The van der Waals surface area contributed by atoms with Crippen LogP contribution in [0.15, 0.2) is 23.3 Å². The van der Waals surface area contributed by atoms with Gasteiger partial charge in [0.25, 0.3) is 0 Å². The number of halogens is 1. The van der Waals surface area contributed by atoms with Gasteiger partial charge in [0, 0.05) is 44.3 Å². The molecule has 28 heavy (non-hydrogen) atoms. The third kappa shape index (κ3) is 6.09. The standard InChI is InChI=1S/C21H32ClN5O/c1-2-23-21(24-12-10-16-8-9-19(22)25-14-16)26-18-11-13-27(15-18)20(28)17-6-4-3-5-7-17/h8-9,14,17-18H,2-7,10-13,15H2,1H3,(H2,23,24,26). The number of carbonyl (C=O) groups excluding carboxylic acids is 1. The molecule has 1 aromatic heterocycles. The molecule has 0 bridgehead atoms. The van der Waals surface area contributed by atoms with Crippen molar-refractivity contribution in [1.82, 2.24) is 20.5 Å². The minimum atomic E-state index is 0.252. The Kier molecular flexibility index (Phi) is 7.95. The summed E-state index contributed by atoms with van der Waals surface area (Å²) < 4.78 is 0. The van der Waals surface area contributed by atoms with Crippen LogP contribution < -0.4 is 10.6 Å². The van der Waals surface area contributed by atoms with Crippen molar-refractivity contribution in [3.63, 3.8) is 0 Å². The van der Waals surface area contributed by atoms with E-state index < -0.39 is 0 Å². The predicted octanol–water partition coefficient (Wildman–Crippen LogP) is 3.01. The maximum atomic E-state index is 12.7. The molecule has 1 aliphatic carbocycles. The number of guanidine groups is 1. The normalized spacial score (nSPS) is 21.0. The lowest BCUT2D eigenvalue weighted by atomic mass is 9.88. The van der Waals surface area contributed by atoms with Gasteiger partial charge in [0.05, 0.1) is 0 Å². The molecule has 2 N–H and O–H groups in total. The van der Waals surface area contributed by atoms with E-state index in [1.165, 1.54) is 19.3 Å². The fourth-order valence-electron chi connectivity index (χ4n) is 4.05. The number of amides is 1. The van der Waals surface area contributed by atoms with Crippen molar-refractivity contribution in [3.8, 4) is 0 Å². The number of aliphatic imine (C=N–C) groups is 1. The molecule has 0 radical (unpaired) electrons. The lowest BCUT2D eigenvalue weighted by Crippen LogP contribution is -2.45. The lowest BCUT2D eigenvalue weighted by Gasteiger charge is -2.26. The highest BCUT2D eigenvalue weighted by Gasteiger charge is 2.31. The highest BCUT2D eigenvalue weighted by atomic mass is 35.5. The molecule has 3 rings (SSSR count). The van der Waals surface area contributed by atoms with Crippen LogP contribution in [0.3, 0.4) is 0 Å². The van der Waals surface area contributed by atoms with Gasteiger partial charge in [0.2, 0.25) is 5.91 Å². The molecule has 0 aromatic carbocycles.